The Morgan fingerprint density at radius 1 is 1.25 bits per heavy atom. The van der Waals surface area contributed by atoms with Crippen molar-refractivity contribution in [2.24, 2.45) is 11.8 Å². The second-order valence-electron chi connectivity index (χ2n) is 4.09. The number of carbonyl (C=O) groups is 1. The molecule has 0 aliphatic carbocycles. The Hall–Kier alpha value is -1.45. The lowest BCUT2D eigenvalue weighted by atomic mass is 9.90. The fourth-order valence-electron chi connectivity index (χ4n) is 1.52. The molecule has 0 heterocycles. The average molecular weight is 228 g/mol. The van der Waals surface area contributed by atoms with E-state index in [9.17, 15) is 13.6 Å². The molecule has 0 fully saturated rings. The van der Waals surface area contributed by atoms with Crippen molar-refractivity contribution in [3.05, 3.63) is 35.4 Å². The van der Waals surface area contributed by atoms with Gasteiger partial charge in [-0.25, -0.2) is 8.78 Å². The van der Waals surface area contributed by atoms with E-state index in [2.05, 4.69) is 0 Å². The van der Waals surface area contributed by atoms with Crippen molar-refractivity contribution in [1.29, 1.82) is 0 Å². The molecule has 0 spiro atoms. The minimum atomic E-state index is -0.899. The van der Waals surface area contributed by atoms with Crippen LogP contribution < -0.4 is 0 Å². The van der Waals surface area contributed by atoms with Gasteiger partial charge in [0.15, 0.2) is 0 Å². The molecule has 0 radical (unpaired) electrons. The summed E-state index contributed by atoms with van der Waals surface area (Å²) in [4.78, 5) is 10.7. The Morgan fingerprint density at radius 3 is 2.19 bits per heavy atom. The summed E-state index contributed by atoms with van der Waals surface area (Å²) in [6.45, 7) is 3.34. The maximum Gasteiger partial charge on any atom is 0.306 e. The van der Waals surface area contributed by atoms with Gasteiger partial charge in [-0.05, 0) is 30.0 Å². The van der Waals surface area contributed by atoms with Crippen LogP contribution in [0, 0.1) is 23.5 Å². The zero-order chi connectivity index (χ0) is 12.3. The zero-order valence-electron chi connectivity index (χ0n) is 9.21. The van der Waals surface area contributed by atoms with Gasteiger partial charge in [0.2, 0.25) is 0 Å². The number of carboxylic acid groups (broad SMARTS) is 1. The third-order valence-corrected chi connectivity index (χ3v) is 2.72. The minimum Gasteiger partial charge on any atom is -0.481 e. The van der Waals surface area contributed by atoms with Crippen molar-refractivity contribution >= 4 is 5.97 Å². The van der Waals surface area contributed by atoms with E-state index in [0.29, 0.717) is 12.0 Å². The molecule has 4 heteroatoms. The molecule has 0 amide bonds. The first kappa shape index (κ1) is 12.6. The maximum absolute atomic E-state index is 12.9. The Balaban J connectivity index is 2.76. The highest BCUT2D eigenvalue weighted by Crippen LogP contribution is 2.18. The average Bonchev–Trinajstić information content (AvgIpc) is 2.14. The van der Waals surface area contributed by atoms with Crippen LogP contribution in [-0.4, -0.2) is 11.1 Å². The number of hydrogen-bond donors (Lipinski definition) is 1. The van der Waals surface area contributed by atoms with E-state index in [4.69, 9.17) is 5.11 Å². The lowest BCUT2D eigenvalue weighted by molar-refractivity contribution is -0.142. The standard InChI is InChI=1S/C12H14F2O2/c1-7(8(2)12(15)16)3-9-4-10(13)6-11(14)5-9/h4-8H,3H2,1-2H3,(H,15,16). The maximum atomic E-state index is 12.9. The molecule has 1 rings (SSSR count). The van der Waals surface area contributed by atoms with Crippen molar-refractivity contribution in [3.8, 4) is 0 Å². The molecule has 0 aliphatic rings. The van der Waals surface area contributed by atoms with Crippen molar-refractivity contribution < 1.29 is 18.7 Å². The zero-order valence-corrected chi connectivity index (χ0v) is 9.21. The van der Waals surface area contributed by atoms with Crippen LogP contribution in [0.15, 0.2) is 18.2 Å². The molecular formula is C12H14F2O2. The highest BCUT2D eigenvalue weighted by molar-refractivity contribution is 5.69. The Bertz CT molecular complexity index is 370. The molecule has 88 valence electrons. The van der Waals surface area contributed by atoms with Crippen LogP contribution in [0.3, 0.4) is 0 Å². The normalized spacial score (nSPS) is 14.5. The van der Waals surface area contributed by atoms with E-state index in [1.54, 1.807) is 13.8 Å². The van der Waals surface area contributed by atoms with Gasteiger partial charge in [-0.3, -0.25) is 4.79 Å². The summed E-state index contributed by atoms with van der Waals surface area (Å²) in [6, 6.07) is 3.26. The summed E-state index contributed by atoms with van der Waals surface area (Å²) < 4.78 is 25.8. The first-order chi connectivity index (χ1) is 7.40. The predicted molar refractivity (Wildman–Crippen MR) is 56.0 cm³/mol. The molecule has 0 bridgehead atoms. The summed E-state index contributed by atoms with van der Waals surface area (Å²) in [6.07, 6.45) is 0.349. The van der Waals surface area contributed by atoms with Crippen molar-refractivity contribution in [3.63, 3.8) is 0 Å². The quantitative estimate of drug-likeness (QED) is 0.860. The van der Waals surface area contributed by atoms with Crippen molar-refractivity contribution in [2.45, 2.75) is 20.3 Å². The lowest BCUT2D eigenvalue weighted by Gasteiger charge is -2.15. The van der Waals surface area contributed by atoms with Gasteiger partial charge in [-0.2, -0.15) is 0 Å². The van der Waals surface area contributed by atoms with Crippen LogP contribution in [0.1, 0.15) is 19.4 Å². The summed E-state index contributed by atoms with van der Waals surface area (Å²) >= 11 is 0. The van der Waals surface area contributed by atoms with Crippen LogP contribution >= 0.6 is 0 Å². The molecule has 0 saturated carbocycles. The summed E-state index contributed by atoms with van der Waals surface area (Å²) in [5.41, 5.74) is 0.484. The fourth-order valence-corrected chi connectivity index (χ4v) is 1.52. The number of rotatable bonds is 4. The van der Waals surface area contributed by atoms with Gasteiger partial charge in [0.1, 0.15) is 11.6 Å². The van der Waals surface area contributed by atoms with Gasteiger partial charge in [-0.1, -0.05) is 13.8 Å². The van der Waals surface area contributed by atoms with Gasteiger partial charge in [0.05, 0.1) is 5.92 Å². The van der Waals surface area contributed by atoms with Crippen LogP contribution in [0.5, 0.6) is 0 Å². The molecule has 2 unspecified atom stereocenters. The number of benzene rings is 1. The highest BCUT2D eigenvalue weighted by atomic mass is 19.1. The van der Waals surface area contributed by atoms with Crippen LogP contribution in [-0.2, 0) is 11.2 Å². The lowest BCUT2D eigenvalue weighted by Crippen LogP contribution is -2.20. The van der Waals surface area contributed by atoms with Gasteiger partial charge < -0.3 is 5.11 Å². The first-order valence-corrected chi connectivity index (χ1v) is 5.08. The van der Waals surface area contributed by atoms with Gasteiger partial charge in [-0.15, -0.1) is 0 Å². The SMILES string of the molecule is CC(Cc1cc(F)cc(F)c1)C(C)C(=O)O. The van der Waals surface area contributed by atoms with E-state index in [0.717, 1.165) is 6.07 Å². The second kappa shape index (κ2) is 5.05. The smallest absolute Gasteiger partial charge is 0.306 e. The Morgan fingerprint density at radius 2 is 1.75 bits per heavy atom. The highest BCUT2D eigenvalue weighted by Gasteiger charge is 2.19. The van der Waals surface area contributed by atoms with E-state index in [-0.39, 0.29) is 5.92 Å². The molecule has 1 aromatic rings. The van der Waals surface area contributed by atoms with E-state index >= 15 is 0 Å². The van der Waals surface area contributed by atoms with Crippen molar-refractivity contribution in [1.82, 2.24) is 0 Å². The van der Waals surface area contributed by atoms with Gasteiger partial charge in [0, 0.05) is 6.07 Å². The second-order valence-corrected chi connectivity index (χ2v) is 4.09. The first-order valence-electron chi connectivity index (χ1n) is 5.08. The number of aliphatic carboxylic acids is 1. The molecule has 16 heavy (non-hydrogen) atoms. The van der Waals surface area contributed by atoms with Crippen molar-refractivity contribution in [2.75, 3.05) is 0 Å². The van der Waals surface area contributed by atoms with Gasteiger partial charge >= 0.3 is 5.97 Å². The fraction of sp³-hybridized carbons (Fsp3) is 0.417. The Kier molecular flexibility index (Phi) is 3.99. The monoisotopic (exact) mass is 228 g/mol. The Labute approximate surface area is 92.9 Å². The molecule has 2 atom stereocenters. The van der Waals surface area contributed by atoms with E-state index in [1.807, 2.05) is 0 Å². The largest absolute Gasteiger partial charge is 0.481 e. The van der Waals surface area contributed by atoms with Crippen LogP contribution in [0.25, 0.3) is 0 Å². The molecule has 2 nitrogen and oxygen atoms in total. The third-order valence-electron chi connectivity index (χ3n) is 2.72. The number of hydrogen-bond acceptors (Lipinski definition) is 1. The summed E-state index contributed by atoms with van der Waals surface area (Å²) in [7, 11) is 0. The predicted octanol–water partition coefficient (Wildman–Crippen LogP) is 2.86. The molecule has 1 aromatic carbocycles. The van der Waals surface area contributed by atoms with E-state index < -0.39 is 23.5 Å². The number of carboxylic acids is 1. The topological polar surface area (TPSA) is 37.3 Å². The molecule has 0 saturated heterocycles. The molecule has 0 aromatic heterocycles. The van der Waals surface area contributed by atoms with E-state index in [1.165, 1.54) is 12.1 Å². The molecule has 0 aliphatic heterocycles. The third kappa shape index (κ3) is 3.29. The van der Waals surface area contributed by atoms with Crippen LogP contribution in [0.2, 0.25) is 0 Å². The molecule has 1 N–H and O–H groups in total. The minimum absolute atomic E-state index is 0.168. The number of halogens is 2. The summed E-state index contributed by atoms with van der Waals surface area (Å²) in [5, 5.41) is 8.79. The molecular weight excluding hydrogens is 214 g/mol. The summed E-state index contributed by atoms with van der Waals surface area (Å²) in [5.74, 6) is -2.87. The van der Waals surface area contributed by atoms with Gasteiger partial charge in [0.25, 0.3) is 0 Å². The van der Waals surface area contributed by atoms with Crippen LogP contribution in [0.4, 0.5) is 8.78 Å².